The van der Waals surface area contributed by atoms with E-state index in [2.05, 4.69) is 40.3 Å². The number of rotatable bonds is 1. The highest BCUT2D eigenvalue weighted by molar-refractivity contribution is 7.18. The van der Waals surface area contributed by atoms with E-state index in [9.17, 15) is 4.79 Å². The predicted molar refractivity (Wildman–Crippen MR) is 81.4 cm³/mol. The molecule has 100 valence electrons. The highest BCUT2D eigenvalue weighted by Crippen LogP contribution is 2.39. The van der Waals surface area contributed by atoms with Gasteiger partial charge in [0.15, 0.2) is 0 Å². The second-order valence-corrected chi connectivity index (χ2v) is 6.35. The van der Waals surface area contributed by atoms with Crippen LogP contribution in [0.25, 0.3) is 10.2 Å². The Morgan fingerprint density at radius 1 is 1.25 bits per heavy atom. The molecule has 4 heteroatoms. The second kappa shape index (κ2) is 4.56. The molecule has 4 rings (SSSR count). The van der Waals surface area contributed by atoms with Gasteiger partial charge in [0.05, 0.1) is 11.7 Å². The number of nitrogens with zero attached hydrogens (tertiary/aromatic N) is 1. The Hall–Kier alpha value is -1.94. The summed E-state index contributed by atoms with van der Waals surface area (Å²) in [6, 6.07) is 10.7. The molecule has 2 aromatic heterocycles. The number of benzene rings is 1. The van der Waals surface area contributed by atoms with Crippen LogP contribution in [-0.4, -0.2) is 9.97 Å². The first-order valence-electron chi connectivity index (χ1n) is 6.86. The molecule has 0 bridgehead atoms. The van der Waals surface area contributed by atoms with Gasteiger partial charge in [0.25, 0.3) is 5.56 Å². The fourth-order valence-electron chi connectivity index (χ4n) is 3.13. The van der Waals surface area contributed by atoms with E-state index in [4.69, 9.17) is 0 Å². The van der Waals surface area contributed by atoms with Crippen molar-refractivity contribution in [3.05, 3.63) is 63.0 Å². The van der Waals surface area contributed by atoms with Crippen LogP contribution < -0.4 is 5.56 Å². The molecule has 1 N–H and O–H groups in total. The van der Waals surface area contributed by atoms with Gasteiger partial charge < -0.3 is 4.98 Å². The molecule has 0 saturated carbocycles. The highest BCUT2D eigenvalue weighted by atomic mass is 32.1. The van der Waals surface area contributed by atoms with Crippen LogP contribution in [0.4, 0.5) is 0 Å². The number of H-pyrrole nitrogens is 1. The van der Waals surface area contributed by atoms with Crippen LogP contribution in [0.15, 0.2) is 41.5 Å². The van der Waals surface area contributed by atoms with Gasteiger partial charge in [0.1, 0.15) is 4.83 Å². The zero-order valence-corrected chi connectivity index (χ0v) is 11.7. The fraction of sp³-hybridized carbons (Fsp3) is 0.250. The number of hydrogen-bond acceptors (Lipinski definition) is 3. The van der Waals surface area contributed by atoms with Gasteiger partial charge in [-0.25, -0.2) is 4.98 Å². The molecule has 0 fully saturated rings. The SMILES string of the molecule is O=c1[nH]cnc2sc3c(c12)CCC(c1ccccc1)C3. The summed E-state index contributed by atoms with van der Waals surface area (Å²) in [4.78, 5) is 21.2. The van der Waals surface area contributed by atoms with E-state index < -0.39 is 0 Å². The lowest BCUT2D eigenvalue weighted by atomic mass is 9.83. The van der Waals surface area contributed by atoms with Crippen molar-refractivity contribution < 1.29 is 0 Å². The van der Waals surface area contributed by atoms with E-state index in [1.54, 1.807) is 11.3 Å². The van der Waals surface area contributed by atoms with Crippen LogP contribution in [0, 0.1) is 0 Å². The molecule has 1 atom stereocenters. The zero-order chi connectivity index (χ0) is 13.5. The minimum Gasteiger partial charge on any atom is -0.313 e. The first-order valence-corrected chi connectivity index (χ1v) is 7.67. The summed E-state index contributed by atoms with van der Waals surface area (Å²) in [6.45, 7) is 0. The van der Waals surface area contributed by atoms with Crippen LogP contribution in [0.5, 0.6) is 0 Å². The van der Waals surface area contributed by atoms with E-state index in [0.717, 1.165) is 29.5 Å². The number of fused-ring (bicyclic) bond motifs is 3. The minimum atomic E-state index is 0.00524. The lowest BCUT2D eigenvalue weighted by Gasteiger charge is -2.22. The van der Waals surface area contributed by atoms with E-state index in [0.29, 0.717) is 5.92 Å². The van der Waals surface area contributed by atoms with Crippen LogP contribution in [0.1, 0.15) is 28.3 Å². The second-order valence-electron chi connectivity index (χ2n) is 5.27. The van der Waals surface area contributed by atoms with Crippen molar-refractivity contribution in [2.75, 3.05) is 0 Å². The van der Waals surface area contributed by atoms with Gasteiger partial charge in [0.2, 0.25) is 0 Å². The van der Waals surface area contributed by atoms with Crippen LogP contribution >= 0.6 is 11.3 Å². The molecule has 0 radical (unpaired) electrons. The molecule has 1 aliphatic carbocycles. The summed E-state index contributed by atoms with van der Waals surface area (Å²) in [5.74, 6) is 0.566. The summed E-state index contributed by atoms with van der Waals surface area (Å²) in [7, 11) is 0. The van der Waals surface area contributed by atoms with Gasteiger partial charge in [-0.2, -0.15) is 0 Å². The Labute approximate surface area is 120 Å². The number of nitrogens with one attached hydrogen (secondary N) is 1. The third kappa shape index (κ3) is 1.79. The van der Waals surface area contributed by atoms with Gasteiger partial charge in [-0.05, 0) is 36.3 Å². The topological polar surface area (TPSA) is 45.8 Å². The summed E-state index contributed by atoms with van der Waals surface area (Å²) >= 11 is 1.68. The molecule has 0 aliphatic heterocycles. The van der Waals surface area contributed by atoms with Crippen LogP contribution in [0.2, 0.25) is 0 Å². The molecule has 1 unspecified atom stereocenters. The van der Waals surface area contributed by atoms with Crippen molar-refractivity contribution in [2.45, 2.75) is 25.2 Å². The third-order valence-corrected chi connectivity index (χ3v) is 5.28. The smallest absolute Gasteiger partial charge is 0.259 e. The molecule has 3 aromatic rings. The maximum Gasteiger partial charge on any atom is 0.259 e. The Balaban J connectivity index is 1.79. The first-order chi connectivity index (χ1) is 9.83. The monoisotopic (exact) mass is 282 g/mol. The van der Waals surface area contributed by atoms with E-state index >= 15 is 0 Å². The maximum absolute atomic E-state index is 12.0. The van der Waals surface area contributed by atoms with Crippen molar-refractivity contribution in [2.24, 2.45) is 0 Å². The Morgan fingerprint density at radius 2 is 2.10 bits per heavy atom. The summed E-state index contributed by atoms with van der Waals surface area (Å²) in [5, 5.41) is 0.819. The van der Waals surface area contributed by atoms with Crippen LogP contribution in [-0.2, 0) is 12.8 Å². The van der Waals surface area contributed by atoms with Crippen molar-refractivity contribution in [3.8, 4) is 0 Å². The predicted octanol–water partition coefficient (Wildman–Crippen LogP) is 3.26. The summed E-state index contributed by atoms with van der Waals surface area (Å²) in [5.41, 5.74) is 2.63. The average Bonchev–Trinajstić information content (AvgIpc) is 2.87. The minimum absolute atomic E-state index is 0.00524. The Bertz CT molecular complexity index is 819. The fourth-order valence-corrected chi connectivity index (χ4v) is 4.40. The van der Waals surface area contributed by atoms with Crippen molar-refractivity contribution in [1.82, 2.24) is 9.97 Å². The number of thiophene rings is 1. The summed E-state index contributed by atoms with van der Waals surface area (Å²) < 4.78 is 0. The molecule has 2 heterocycles. The van der Waals surface area contributed by atoms with Crippen LogP contribution in [0.3, 0.4) is 0 Å². The molecule has 1 aromatic carbocycles. The molecule has 1 aliphatic rings. The molecule has 0 amide bonds. The number of hydrogen-bond donors (Lipinski definition) is 1. The molecule has 0 spiro atoms. The van der Waals surface area contributed by atoms with E-state index in [1.165, 1.54) is 22.3 Å². The molecule has 20 heavy (non-hydrogen) atoms. The molecule has 0 saturated heterocycles. The highest BCUT2D eigenvalue weighted by Gasteiger charge is 2.25. The zero-order valence-electron chi connectivity index (χ0n) is 10.9. The average molecular weight is 282 g/mol. The largest absolute Gasteiger partial charge is 0.313 e. The third-order valence-electron chi connectivity index (χ3n) is 4.12. The van der Waals surface area contributed by atoms with E-state index in [1.807, 2.05) is 0 Å². The first kappa shape index (κ1) is 11.9. The summed E-state index contributed by atoms with van der Waals surface area (Å²) in [6.07, 6.45) is 4.61. The van der Waals surface area contributed by atoms with Crippen molar-refractivity contribution in [3.63, 3.8) is 0 Å². The quantitative estimate of drug-likeness (QED) is 0.744. The lowest BCUT2D eigenvalue weighted by molar-refractivity contribution is 0.595. The molecular formula is C16H14N2OS. The number of aryl methyl sites for hydroxylation is 1. The Kier molecular flexibility index (Phi) is 2.70. The molecular weight excluding hydrogens is 268 g/mol. The van der Waals surface area contributed by atoms with Gasteiger partial charge in [-0.3, -0.25) is 4.79 Å². The number of aromatic nitrogens is 2. The Morgan fingerprint density at radius 3 is 2.95 bits per heavy atom. The van der Waals surface area contributed by atoms with Gasteiger partial charge in [-0.15, -0.1) is 11.3 Å². The van der Waals surface area contributed by atoms with Gasteiger partial charge in [0, 0.05) is 4.88 Å². The molecule has 3 nitrogen and oxygen atoms in total. The number of aromatic amines is 1. The normalized spacial score (nSPS) is 18.1. The standard InChI is InChI=1S/C16H14N2OS/c19-15-14-12-7-6-11(10-4-2-1-3-5-10)8-13(12)20-16(14)18-9-17-15/h1-5,9,11H,6-8H2,(H,17,18,19). The van der Waals surface area contributed by atoms with Crippen molar-refractivity contribution >= 4 is 21.6 Å². The van der Waals surface area contributed by atoms with Gasteiger partial charge in [-0.1, -0.05) is 30.3 Å². The lowest BCUT2D eigenvalue weighted by Crippen LogP contribution is -2.13. The van der Waals surface area contributed by atoms with Crippen molar-refractivity contribution in [1.29, 1.82) is 0 Å². The van der Waals surface area contributed by atoms with E-state index in [-0.39, 0.29) is 5.56 Å². The maximum atomic E-state index is 12.0. The van der Waals surface area contributed by atoms with Gasteiger partial charge >= 0.3 is 0 Å².